The van der Waals surface area contributed by atoms with Crippen molar-refractivity contribution >= 4 is 40.7 Å². The fourth-order valence-corrected chi connectivity index (χ4v) is 3.63. The summed E-state index contributed by atoms with van der Waals surface area (Å²) in [5.74, 6) is -1.31. The minimum Gasteiger partial charge on any atom is -0.324 e. The molecule has 0 bridgehead atoms. The number of carbonyl (C=O) groups is 3. The van der Waals surface area contributed by atoms with E-state index in [1.165, 1.54) is 11.1 Å². The summed E-state index contributed by atoms with van der Waals surface area (Å²) in [6, 6.07) is 10.2. The minimum atomic E-state index is -0.963. The molecule has 0 radical (unpaired) electrons. The largest absolute Gasteiger partial charge is 0.324 e. The van der Waals surface area contributed by atoms with Crippen molar-refractivity contribution in [3.63, 3.8) is 0 Å². The number of fused-ring (bicyclic) bond motifs is 1. The van der Waals surface area contributed by atoms with Crippen molar-refractivity contribution in [2.24, 2.45) is 10.3 Å². The third-order valence-corrected chi connectivity index (χ3v) is 5.34. The highest BCUT2D eigenvalue weighted by Gasteiger charge is 2.55. The van der Waals surface area contributed by atoms with Gasteiger partial charge in [-0.25, -0.2) is 4.90 Å². The van der Waals surface area contributed by atoms with E-state index in [1.807, 2.05) is 26.0 Å². The maximum atomic E-state index is 12.9. The van der Waals surface area contributed by atoms with E-state index in [2.05, 4.69) is 15.7 Å². The standard InChI is InChI=1S/C20H18ClN5O3/c1-11-5-3-8-15(12(11)2)22-16(27)10-25-18-17(23-24-25)19(28)26(20(18)29)14-7-4-6-13(21)9-14/h3-9,17-18H,10H2,1-2H3,(H,22,27)/t17-,18+/m1/s1. The van der Waals surface area contributed by atoms with Crippen LogP contribution in [-0.2, 0) is 14.4 Å². The average Bonchev–Trinajstić information content (AvgIpc) is 3.19. The zero-order valence-electron chi connectivity index (χ0n) is 15.8. The summed E-state index contributed by atoms with van der Waals surface area (Å²) >= 11 is 5.98. The lowest BCUT2D eigenvalue weighted by atomic mass is 10.1. The van der Waals surface area contributed by atoms with Gasteiger partial charge >= 0.3 is 0 Å². The van der Waals surface area contributed by atoms with Gasteiger partial charge in [0.15, 0.2) is 12.1 Å². The molecule has 2 aliphatic heterocycles. The predicted molar refractivity (Wildman–Crippen MR) is 108 cm³/mol. The van der Waals surface area contributed by atoms with Gasteiger partial charge in [0, 0.05) is 10.7 Å². The third kappa shape index (κ3) is 3.36. The highest BCUT2D eigenvalue weighted by molar-refractivity contribution is 6.31. The number of hydrogen-bond acceptors (Lipinski definition) is 6. The van der Waals surface area contributed by atoms with Gasteiger partial charge in [-0.3, -0.25) is 19.4 Å². The number of rotatable bonds is 4. The van der Waals surface area contributed by atoms with Gasteiger partial charge in [0.25, 0.3) is 11.8 Å². The van der Waals surface area contributed by atoms with Crippen molar-refractivity contribution in [3.8, 4) is 0 Å². The minimum absolute atomic E-state index is 0.194. The number of nitrogens with zero attached hydrogens (tertiary/aromatic N) is 4. The van der Waals surface area contributed by atoms with Crippen molar-refractivity contribution in [1.29, 1.82) is 0 Å². The first-order chi connectivity index (χ1) is 13.9. The van der Waals surface area contributed by atoms with Gasteiger partial charge < -0.3 is 5.32 Å². The molecule has 4 rings (SSSR count). The van der Waals surface area contributed by atoms with E-state index in [0.29, 0.717) is 16.4 Å². The maximum absolute atomic E-state index is 12.9. The Hall–Kier alpha value is -3.26. The van der Waals surface area contributed by atoms with Crippen molar-refractivity contribution < 1.29 is 14.4 Å². The molecule has 1 saturated heterocycles. The van der Waals surface area contributed by atoms with E-state index in [-0.39, 0.29) is 12.5 Å². The molecule has 148 valence electrons. The number of carbonyl (C=O) groups excluding carboxylic acids is 3. The molecule has 2 heterocycles. The molecule has 1 N–H and O–H groups in total. The lowest BCUT2D eigenvalue weighted by molar-refractivity contribution is -0.123. The third-order valence-electron chi connectivity index (χ3n) is 5.11. The van der Waals surface area contributed by atoms with Gasteiger partial charge in [-0.15, -0.1) is 0 Å². The Morgan fingerprint density at radius 2 is 1.90 bits per heavy atom. The van der Waals surface area contributed by atoms with Crippen molar-refractivity contribution in [2.75, 3.05) is 16.8 Å². The van der Waals surface area contributed by atoms with Crippen LogP contribution in [0, 0.1) is 13.8 Å². The number of amides is 3. The number of benzene rings is 2. The van der Waals surface area contributed by atoms with Gasteiger partial charge in [0.1, 0.15) is 6.54 Å². The van der Waals surface area contributed by atoms with Gasteiger partial charge in [-0.2, -0.15) is 5.11 Å². The first-order valence-corrected chi connectivity index (χ1v) is 9.41. The quantitative estimate of drug-likeness (QED) is 0.782. The molecule has 9 heteroatoms. The van der Waals surface area contributed by atoms with Crippen LogP contribution in [0.2, 0.25) is 5.02 Å². The molecule has 1 fully saturated rings. The number of imide groups is 1. The van der Waals surface area contributed by atoms with Crippen LogP contribution in [0.15, 0.2) is 52.8 Å². The number of halogens is 1. The number of hydrogen-bond donors (Lipinski definition) is 1. The summed E-state index contributed by atoms with van der Waals surface area (Å²) in [6.07, 6.45) is 0. The molecular weight excluding hydrogens is 394 g/mol. The number of anilines is 2. The van der Waals surface area contributed by atoms with Crippen molar-refractivity contribution in [3.05, 3.63) is 58.6 Å². The molecule has 0 aromatic heterocycles. The molecule has 0 spiro atoms. The summed E-state index contributed by atoms with van der Waals surface area (Å²) < 4.78 is 0. The first-order valence-electron chi connectivity index (χ1n) is 9.03. The summed E-state index contributed by atoms with van der Waals surface area (Å²) in [5, 5.41) is 12.3. The van der Waals surface area contributed by atoms with Crippen LogP contribution in [0.4, 0.5) is 11.4 Å². The molecule has 0 saturated carbocycles. The van der Waals surface area contributed by atoms with Crippen LogP contribution in [0.25, 0.3) is 0 Å². The highest BCUT2D eigenvalue weighted by Crippen LogP contribution is 2.32. The molecule has 2 aliphatic rings. The Morgan fingerprint density at radius 1 is 1.14 bits per heavy atom. The summed E-state index contributed by atoms with van der Waals surface area (Å²) in [6.45, 7) is 3.68. The first kappa shape index (κ1) is 19.1. The topological polar surface area (TPSA) is 94.4 Å². The molecule has 3 amide bonds. The highest BCUT2D eigenvalue weighted by atomic mass is 35.5. The van der Waals surface area contributed by atoms with E-state index >= 15 is 0 Å². The maximum Gasteiger partial charge on any atom is 0.263 e. The lowest BCUT2D eigenvalue weighted by Gasteiger charge is -2.20. The second-order valence-electron chi connectivity index (χ2n) is 6.98. The SMILES string of the molecule is Cc1cccc(NC(=O)CN2N=N[C@H]3C(=O)N(c4cccc(Cl)c4)C(=O)[C@H]32)c1C. The van der Waals surface area contributed by atoms with E-state index in [0.717, 1.165) is 16.0 Å². The van der Waals surface area contributed by atoms with Crippen LogP contribution in [0.1, 0.15) is 11.1 Å². The zero-order valence-corrected chi connectivity index (χ0v) is 16.6. The molecule has 0 unspecified atom stereocenters. The molecule has 29 heavy (non-hydrogen) atoms. The molecular formula is C20H18ClN5O3. The second-order valence-corrected chi connectivity index (χ2v) is 7.42. The van der Waals surface area contributed by atoms with Crippen molar-refractivity contribution in [2.45, 2.75) is 25.9 Å². The molecule has 2 aromatic rings. The smallest absolute Gasteiger partial charge is 0.263 e. The number of nitrogens with one attached hydrogen (secondary N) is 1. The Morgan fingerprint density at radius 3 is 2.66 bits per heavy atom. The molecule has 8 nitrogen and oxygen atoms in total. The van der Waals surface area contributed by atoms with Crippen LogP contribution < -0.4 is 10.2 Å². The average molecular weight is 412 g/mol. The van der Waals surface area contributed by atoms with Gasteiger partial charge in [-0.05, 0) is 49.2 Å². The summed E-state index contributed by atoms with van der Waals surface area (Å²) in [7, 11) is 0. The fourth-order valence-electron chi connectivity index (χ4n) is 3.45. The Bertz CT molecular complexity index is 1050. The van der Waals surface area contributed by atoms with E-state index in [1.54, 1.807) is 24.3 Å². The zero-order chi connectivity index (χ0) is 20.7. The number of aryl methyl sites for hydroxylation is 1. The predicted octanol–water partition coefficient (Wildman–Crippen LogP) is 2.89. The molecule has 2 atom stereocenters. The van der Waals surface area contributed by atoms with Gasteiger partial charge in [0.05, 0.1) is 5.69 Å². The Kier molecular flexibility index (Phi) is 4.79. The summed E-state index contributed by atoms with van der Waals surface area (Å²) in [5.41, 5.74) is 3.08. The molecule has 0 aliphatic carbocycles. The second kappa shape index (κ2) is 7.29. The monoisotopic (exact) mass is 411 g/mol. The lowest BCUT2D eigenvalue weighted by Crippen LogP contribution is -2.43. The van der Waals surface area contributed by atoms with Gasteiger partial charge in [0.2, 0.25) is 5.91 Å². The van der Waals surface area contributed by atoms with E-state index in [9.17, 15) is 14.4 Å². The van der Waals surface area contributed by atoms with Crippen LogP contribution >= 0.6 is 11.6 Å². The van der Waals surface area contributed by atoms with Crippen LogP contribution in [0.3, 0.4) is 0 Å². The Labute approximate surface area is 172 Å². The fraction of sp³-hybridized carbons (Fsp3) is 0.250. The van der Waals surface area contributed by atoms with Crippen LogP contribution in [-0.4, -0.2) is 41.4 Å². The Balaban J connectivity index is 1.50. The van der Waals surface area contributed by atoms with Crippen molar-refractivity contribution in [1.82, 2.24) is 5.01 Å². The van der Waals surface area contributed by atoms with E-state index in [4.69, 9.17) is 11.6 Å². The van der Waals surface area contributed by atoms with Crippen LogP contribution in [0.5, 0.6) is 0 Å². The van der Waals surface area contributed by atoms with E-state index < -0.39 is 23.9 Å². The van der Waals surface area contributed by atoms with Gasteiger partial charge in [-0.1, -0.05) is 35.0 Å². The molecule has 2 aromatic carbocycles. The normalized spacial score (nSPS) is 20.4. The summed E-state index contributed by atoms with van der Waals surface area (Å²) in [4.78, 5) is 39.2.